The molecular formula is C15H13BrCl2FN. The highest BCUT2D eigenvalue weighted by atomic mass is 79.9. The second-order valence-electron chi connectivity index (χ2n) is 4.46. The number of nitrogens with one attached hydrogen (secondary N) is 1. The van der Waals surface area contributed by atoms with E-state index in [1.165, 1.54) is 12.1 Å². The molecule has 0 aliphatic heterocycles. The van der Waals surface area contributed by atoms with Crippen LogP contribution in [-0.2, 0) is 6.42 Å². The smallest absolute Gasteiger partial charge is 0.124 e. The van der Waals surface area contributed by atoms with Crippen molar-refractivity contribution in [2.45, 2.75) is 12.5 Å². The molecule has 0 bridgehead atoms. The Morgan fingerprint density at radius 3 is 2.50 bits per heavy atom. The lowest BCUT2D eigenvalue weighted by atomic mass is 9.99. The molecule has 0 amide bonds. The zero-order valence-corrected chi connectivity index (χ0v) is 13.9. The highest BCUT2D eigenvalue weighted by molar-refractivity contribution is 9.10. The molecule has 0 saturated carbocycles. The lowest BCUT2D eigenvalue weighted by Crippen LogP contribution is -2.19. The summed E-state index contributed by atoms with van der Waals surface area (Å²) < 4.78 is 13.9. The number of hydrogen-bond acceptors (Lipinski definition) is 1. The molecule has 106 valence electrons. The zero-order chi connectivity index (χ0) is 14.7. The Kier molecular flexibility index (Phi) is 5.44. The van der Waals surface area contributed by atoms with Gasteiger partial charge in [0.2, 0.25) is 0 Å². The lowest BCUT2D eigenvalue weighted by molar-refractivity contribution is 0.583. The van der Waals surface area contributed by atoms with Crippen LogP contribution in [0.3, 0.4) is 0 Å². The fraction of sp³-hybridized carbons (Fsp3) is 0.200. The summed E-state index contributed by atoms with van der Waals surface area (Å²) in [6, 6.07) is 10.3. The number of hydrogen-bond donors (Lipinski definition) is 1. The Bertz CT molecular complexity index is 619. The molecule has 2 aromatic carbocycles. The van der Waals surface area contributed by atoms with Gasteiger partial charge >= 0.3 is 0 Å². The first-order valence-corrected chi connectivity index (χ1v) is 7.62. The fourth-order valence-corrected chi connectivity index (χ4v) is 3.00. The van der Waals surface area contributed by atoms with Gasteiger partial charge in [0.25, 0.3) is 0 Å². The summed E-state index contributed by atoms with van der Waals surface area (Å²) in [6.45, 7) is 0. The van der Waals surface area contributed by atoms with E-state index >= 15 is 0 Å². The van der Waals surface area contributed by atoms with Crippen LogP contribution in [0.2, 0.25) is 10.0 Å². The van der Waals surface area contributed by atoms with Crippen molar-refractivity contribution in [3.05, 3.63) is 67.9 Å². The zero-order valence-electron chi connectivity index (χ0n) is 10.8. The van der Waals surface area contributed by atoms with Gasteiger partial charge in [0.1, 0.15) is 5.82 Å². The van der Waals surface area contributed by atoms with Gasteiger partial charge < -0.3 is 5.32 Å². The van der Waals surface area contributed by atoms with Crippen molar-refractivity contribution >= 4 is 39.1 Å². The summed E-state index contributed by atoms with van der Waals surface area (Å²) in [5.74, 6) is -0.259. The molecule has 5 heteroatoms. The van der Waals surface area contributed by atoms with Crippen LogP contribution < -0.4 is 5.32 Å². The monoisotopic (exact) mass is 375 g/mol. The van der Waals surface area contributed by atoms with Crippen LogP contribution in [0.15, 0.2) is 40.9 Å². The van der Waals surface area contributed by atoms with E-state index in [9.17, 15) is 4.39 Å². The maximum absolute atomic E-state index is 13.2. The molecule has 20 heavy (non-hydrogen) atoms. The fourth-order valence-electron chi connectivity index (χ4n) is 2.05. The molecule has 0 saturated heterocycles. The van der Waals surface area contributed by atoms with Gasteiger partial charge in [-0.05, 0) is 48.9 Å². The summed E-state index contributed by atoms with van der Waals surface area (Å²) >= 11 is 15.3. The molecule has 0 aliphatic carbocycles. The van der Waals surface area contributed by atoms with Gasteiger partial charge in [-0.15, -0.1) is 0 Å². The van der Waals surface area contributed by atoms with Crippen molar-refractivity contribution in [1.82, 2.24) is 5.32 Å². The molecule has 2 rings (SSSR count). The van der Waals surface area contributed by atoms with Gasteiger partial charge in [0.05, 0.1) is 10.0 Å². The van der Waals surface area contributed by atoms with Crippen molar-refractivity contribution in [3.63, 3.8) is 0 Å². The molecule has 0 aromatic heterocycles. The summed E-state index contributed by atoms with van der Waals surface area (Å²) in [4.78, 5) is 0. The highest BCUT2D eigenvalue weighted by Gasteiger charge is 2.14. The number of halogens is 4. The van der Waals surface area contributed by atoms with Gasteiger partial charge in [-0.3, -0.25) is 0 Å². The Morgan fingerprint density at radius 1 is 1.15 bits per heavy atom. The molecule has 0 radical (unpaired) electrons. The van der Waals surface area contributed by atoms with E-state index in [1.54, 1.807) is 12.1 Å². The van der Waals surface area contributed by atoms with Crippen LogP contribution in [-0.4, -0.2) is 7.05 Å². The SMILES string of the molecule is CNC(Cc1ccc(Cl)c(Cl)c1)c1ccc(F)cc1Br. The van der Waals surface area contributed by atoms with Gasteiger partial charge in [-0.2, -0.15) is 0 Å². The van der Waals surface area contributed by atoms with Gasteiger partial charge in [-0.1, -0.05) is 51.3 Å². The van der Waals surface area contributed by atoms with E-state index in [2.05, 4.69) is 21.2 Å². The lowest BCUT2D eigenvalue weighted by Gasteiger charge is -2.18. The maximum Gasteiger partial charge on any atom is 0.124 e. The highest BCUT2D eigenvalue weighted by Crippen LogP contribution is 2.29. The molecule has 1 atom stereocenters. The maximum atomic E-state index is 13.2. The third-order valence-electron chi connectivity index (χ3n) is 3.11. The average molecular weight is 377 g/mol. The second-order valence-corrected chi connectivity index (χ2v) is 6.13. The van der Waals surface area contributed by atoms with Crippen LogP contribution in [0.25, 0.3) is 0 Å². The summed E-state index contributed by atoms with van der Waals surface area (Å²) in [6.07, 6.45) is 0.734. The average Bonchev–Trinajstić information content (AvgIpc) is 2.41. The molecule has 0 heterocycles. The Labute approximate surface area is 136 Å². The van der Waals surface area contributed by atoms with Gasteiger partial charge in [0, 0.05) is 10.5 Å². The third kappa shape index (κ3) is 3.73. The van der Waals surface area contributed by atoms with Gasteiger partial charge in [-0.25, -0.2) is 4.39 Å². The minimum Gasteiger partial charge on any atom is -0.313 e. The summed E-state index contributed by atoms with van der Waals surface area (Å²) in [5.41, 5.74) is 2.06. The van der Waals surface area contributed by atoms with E-state index in [-0.39, 0.29) is 11.9 Å². The Morgan fingerprint density at radius 2 is 1.90 bits per heavy atom. The minimum absolute atomic E-state index is 0.0576. The van der Waals surface area contributed by atoms with E-state index in [0.29, 0.717) is 10.0 Å². The van der Waals surface area contributed by atoms with Crippen LogP contribution in [0.1, 0.15) is 17.2 Å². The van der Waals surface area contributed by atoms with E-state index in [0.717, 1.165) is 22.0 Å². The van der Waals surface area contributed by atoms with Crippen molar-refractivity contribution < 1.29 is 4.39 Å². The first-order chi connectivity index (χ1) is 9.51. The van der Waals surface area contributed by atoms with Crippen molar-refractivity contribution in [1.29, 1.82) is 0 Å². The minimum atomic E-state index is -0.259. The first kappa shape index (κ1) is 15.8. The summed E-state index contributed by atoms with van der Waals surface area (Å²) in [7, 11) is 1.87. The Balaban J connectivity index is 2.26. The molecule has 2 aromatic rings. The van der Waals surface area contributed by atoms with Crippen LogP contribution >= 0.6 is 39.1 Å². The first-order valence-electron chi connectivity index (χ1n) is 6.07. The molecule has 1 nitrogen and oxygen atoms in total. The quantitative estimate of drug-likeness (QED) is 0.753. The molecule has 0 spiro atoms. The number of benzene rings is 2. The molecule has 1 unspecified atom stereocenters. The molecular weight excluding hydrogens is 364 g/mol. The molecule has 0 aliphatic rings. The van der Waals surface area contributed by atoms with E-state index < -0.39 is 0 Å². The predicted octanol–water partition coefficient (Wildman–Crippen LogP) is 5.40. The van der Waals surface area contributed by atoms with E-state index in [4.69, 9.17) is 23.2 Å². The van der Waals surface area contributed by atoms with Crippen molar-refractivity contribution in [2.75, 3.05) is 7.05 Å². The van der Waals surface area contributed by atoms with Crippen molar-refractivity contribution in [3.8, 4) is 0 Å². The Hall–Kier alpha value is -0.610. The largest absolute Gasteiger partial charge is 0.313 e. The predicted molar refractivity (Wildman–Crippen MR) is 86.1 cm³/mol. The number of likely N-dealkylation sites (N-methyl/N-ethyl adjacent to an activating group) is 1. The second kappa shape index (κ2) is 6.90. The van der Waals surface area contributed by atoms with E-state index in [1.807, 2.05) is 19.2 Å². The van der Waals surface area contributed by atoms with Crippen LogP contribution in [0.4, 0.5) is 4.39 Å². The number of rotatable bonds is 4. The van der Waals surface area contributed by atoms with Crippen LogP contribution in [0.5, 0.6) is 0 Å². The molecule has 0 fully saturated rings. The van der Waals surface area contributed by atoms with Crippen molar-refractivity contribution in [2.24, 2.45) is 0 Å². The van der Waals surface area contributed by atoms with Crippen LogP contribution in [0, 0.1) is 5.82 Å². The topological polar surface area (TPSA) is 12.0 Å². The standard InChI is InChI=1S/C15H13BrCl2FN/c1-20-15(11-4-3-10(19)8-12(11)16)7-9-2-5-13(17)14(18)6-9/h2-6,8,15,20H,7H2,1H3. The third-order valence-corrected chi connectivity index (χ3v) is 4.54. The molecule has 1 N–H and O–H groups in total. The summed E-state index contributed by atoms with van der Waals surface area (Å²) in [5, 5.41) is 4.31. The normalized spacial score (nSPS) is 12.4. The van der Waals surface area contributed by atoms with Gasteiger partial charge in [0.15, 0.2) is 0 Å².